The zero-order valence-electron chi connectivity index (χ0n) is 33.9. The molecule has 5 unspecified atom stereocenters. The highest BCUT2D eigenvalue weighted by atomic mass is 79.9. The molecular formula is C47H45Br2NO10. The van der Waals surface area contributed by atoms with Crippen LogP contribution < -0.4 is 4.74 Å². The number of fused-ring (bicyclic) bond motifs is 5. The second-order valence-electron chi connectivity index (χ2n) is 16.8. The van der Waals surface area contributed by atoms with Gasteiger partial charge >= 0.3 is 17.9 Å². The standard InChI is InChI=1S/C47H45Br2NO10/c1-27(58-35(51)19-11-14-30-24-31-15-9-12-28-20-21-29-13-10-18-33(30)37(29)36(28)31)47-34(59-32-16-7-6-8-17-32)25-46(60-47,26-57-43(55)45(4,5)49)38-39(47)41(53)50(40(38)52)22-23-56-42(54)44(2,3)48/h6-10,12-13,15-18,20-21,24-25,27,38-39H,11,14,19,22-23,26H2,1-5H3. The summed E-state index contributed by atoms with van der Waals surface area (Å²) in [5.74, 6) is -4.80. The average molecular weight is 944 g/mol. The van der Waals surface area contributed by atoms with Crippen LogP contribution in [0.3, 0.4) is 0 Å². The van der Waals surface area contributed by atoms with Gasteiger partial charge in [0, 0.05) is 6.42 Å². The number of esters is 3. The van der Waals surface area contributed by atoms with E-state index in [1.165, 1.54) is 16.2 Å². The van der Waals surface area contributed by atoms with Crippen LogP contribution in [0.4, 0.5) is 0 Å². The first-order chi connectivity index (χ1) is 28.4. The number of aryl methyl sites for hydroxylation is 1. The van der Waals surface area contributed by atoms with E-state index >= 15 is 0 Å². The van der Waals surface area contributed by atoms with Gasteiger partial charge in [-0.25, -0.2) is 0 Å². The van der Waals surface area contributed by atoms with Crippen LogP contribution in [0.5, 0.6) is 5.75 Å². The Kier molecular flexibility index (Phi) is 10.9. The van der Waals surface area contributed by atoms with Crippen LogP contribution in [0, 0.1) is 11.8 Å². The number of amides is 2. The Labute approximate surface area is 364 Å². The number of ether oxygens (including phenoxy) is 5. The lowest BCUT2D eigenvalue weighted by molar-refractivity contribution is -0.184. The highest BCUT2D eigenvalue weighted by molar-refractivity contribution is 9.10. The normalized spacial score (nSPS) is 23.0. The molecule has 5 atom stereocenters. The Balaban J connectivity index is 1.08. The minimum absolute atomic E-state index is 0.0592. The maximum atomic E-state index is 14.6. The molecule has 0 spiro atoms. The smallest absolute Gasteiger partial charge is 0.322 e. The van der Waals surface area contributed by atoms with Gasteiger partial charge in [0.05, 0.1) is 18.4 Å². The maximum Gasteiger partial charge on any atom is 0.322 e. The summed E-state index contributed by atoms with van der Waals surface area (Å²) in [4.78, 5) is 69.6. The molecule has 0 aromatic heterocycles. The summed E-state index contributed by atoms with van der Waals surface area (Å²) >= 11 is 6.61. The lowest BCUT2D eigenvalue weighted by atomic mass is 9.69. The van der Waals surface area contributed by atoms with Crippen molar-refractivity contribution in [2.24, 2.45) is 11.8 Å². The summed E-state index contributed by atoms with van der Waals surface area (Å²) in [6.07, 6.45) is 1.57. The molecule has 5 aromatic rings. The molecule has 0 radical (unpaired) electrons. The van der Waals surface area contributed by atoms with E-state index in [1.807, 2.05) is 12.1 Å². The molecule has 13 heteroatoms. The Bertz CT molecular complexity index is 2560. The predicted molar refractivity (Wildman–Crippen MR) is 232 cm³/mol. The molecule has 3 aliphatic heterocycles. The average Bonchev–Trinajstić information content (AvgIpc) is 3.79. The van der Waals surface area contributed by atoms with Crippen molar-refractivity contribution >= 4 is 93.9 Å². The molecule has 5 aromatic carbocycles. The summed E-state index contributed by atoms with van der Waals surface area (Å²) in [6, 6.07) is 27.9. The van der Waals surface area contributed by atoms with Crippen LogP contribution in [-0.2, 0) is 49.3 Å². The molecule has 8 rings (SSSR count). The number of carbonyl (C=O) groups excluding carboxylic acids is 5. The molecule has 2 saturated heterocycles. The Hall–Kier alpha value is -4.85. The van der Waals surface area contributed by atoms with Gasteiger partial charge in [-0.05, 0) is 104 Å². The molecule has 2 fully saturated rings. The van der Waals surface area contributed by atoms with Crippen molar-refractivity contribution in [2.75, 3.05) is 19.8 Å². The fourth-order valence-electron chi connectivity index (χ4n) is 8.95. The van der Waals surface area contributed by atoms with Crippen LogP contribution in [0.1, 0.15) is 53.0 Å². The van der Waals surface area contributed by atoms with Crippen molar-refractivity contribution in [3.8, 4) is 5.75 Å². The number of hydrogen-bond acceptors (Lipinski definition) is 10. The van der Waals surface area contributed by atoms with Crippen LogP contribution in [0.2, 0.25) is 0 Å². The Morgan fingerprint density at radius 3 is 2.13 bits per heavy atom. The SMILES string of the molecule is CC(OC(=O)CCCc1cc2cccc3ccc4cccc1c4c32)C12OC(COC(=O)C(C)(C)Br)(C=C1Oc1ccccc1)C1C(=O)N(CCOC(=O)C(C)(C)Br)C(=O)C12. The molecule has 0 N–H and O–H groups in total. The maximum absolute atomic E-state index is 14.6. The monoisotopic (exact) mass is 941 g/mol. The number of hydrogen-bond donors (Lipinski definition) is 0. The molecule has 11 nitrogen and oxygen atoms in total. The van der Waals surface area contributed by atoms with Gasteiger partial charge in [0.1, 0.15) is 45.1 Å². The highest BCUT2D eigenvalue weighted by Gasteiger charge is 2.79. The fraction of sp³-hybridized carbons (Fsp3) is 0.383. The molecule has 3 aliphatic rings. The third-order valence-corrected chi connectivity index (χ3v) is 12.4. The minimum Gasteiger partial charge on any atom is -0.463 e. The predicted octanol–water partition coefficient (Wildman–Crippen LogP) is 8.36. The van der Waals surface area contributed by atoms with Crippen molar-refractivity contribution in [2.45, 2.75) is 79.8 Å². The highest BCUT2D eigenvalue weighted by Crippen LogP contribution is 2.62. The van der Waals surface area contributed by atoms with Crippen LogP contribution >= 0.6 is 31.9 Å². The molecule has 2 amide bonds. The van der Waals surface area contributed by atoms with E-state index in [2.05, 4.69) is 80.4 Å². The van der Waals surface area contributed by atoms with Crippen molar-refractivity contribution in [3.05, 3.63) is 102 Å². The summed E-state index contributed by atoms with van der Waals surface area (Å²) in [6.45, 7) is 7.19. The van der Waals surface area contributed by atoms with E-state index < -0.39 is 74.1 Å². The number of carbonyl (C=O) groups is 5. The van der Waals surface area contributed by atoms with Crippen molar-refractivity contribution < 1.29 is 47.7 Å². The van der Waals surface area contributed by atoms with Gasteiger partial charge < -0.3 is 23.7 Å². The third-order valence-electron chi connectivity index (χ3n) is 11.8. The molecule has 3 heterocycles. The first-order valence-electron chi connectivity index (χ1n) is 20.0. The minimum atomic E-state index is -1.80. The molecule has 2 bridgehead atoms. The van der Waals surface area contributed by atoms with E-state index in [0.717, 1.165) is 26.6 Å². The zero-order valence-corrected chi connectivity index (χ0v) is 37.1. The van der Waals surface area contributed by atoms with Crippen LogP contribution in [0.25, 0.3) is 32.3 Å². The van der Waals surface area contributed by atoms with Gasteiger partial charge in [-0.1, -0.05) is 105 Å². The summed E-state index contributed by atoms with van der Waals surface area (Å²) in [7, 11) is 0. The molecule has 60 heavy (non-hydrogen) atoms. The van der Waals surface area contributed by atoms with Crippen molar-refractivity contribution in [1.29, 1.82) is 0 Å². The third kappa shape index (κ3) is 7.26. The topological polar surface area (TPSA) is 135 Å². The Morgan fingerprint density at radius 2 is 1.43 bits per heavy atom. The quantitative estimate of drug-likeness (QED) is 0.0332. The number of rotatable bonds is 15. The lowest BCUT2D eigenvalue weighted by Crippen LogP contribution is -2.53. The van der Waals surface area contributed by atoms with Crippen LogP contribution in [0.15, 0.2) is 96.8 Å². The molecule has 0 aliphatic carbocycles. The van der Waals surface area contributed by atoms with E-state index in [1.54, 1.807) is 65.0 Å². The van der Waals surface area contributed by atoms with Gasteiger partial charge in [-0.15, -0.1) is 0 Å². The van der Waals surface area contributed by atoms with E-state index in [-0.39, 0.29) is 25.3 Å². The van der Waals surface area contributed by atoms with Crippen molar-refractivity contribution in [1.82, 2.24) is 4.90 Å². The molecule has 312 valence electrons. The summed E-state index contributed by atoms with van der Waals surface area (Å²) in [5.41, 5.74) is -2.35. The van der Waals surface area contributed by atoms with Gasteiger partial charge in [-0.3, -0.25) is 28.9 Å². The number of likely N-dealkylation sites (tertiary alicyclic amines) is 1. The van der Waals surface area contributed by atoms with Gasteiger partial charge in [-0.2, -0.15) is 0 Å². The number of nitrogens with zero attached hydrogens (tertiary/aromatic N) is 1. The molecular weight excluding hydrogens is 898 g/mol. The van der Waals surface area contributed by atoms with E-state index in [9.17, 15) is 24.0 Å². The first-order valence-corrected chi connectivity index (χ1v) is 21.6. The van der Waals surface area contributed by atoms with Crippen molar-refractivity contribution in [3.63, 3.8) is 0 Å². The number of halogens is 2. The van der Waals surface area contributed by atoms with E-state index in [0.29, 0.717) is 18.6 Å². The number of alkyl halides is 2. The largest absolute Gasteiger partial charge is 0.463 e. The Morgan fingerprint density at radius 1 is 0.800 bits per heavy atom. The van der Waals surface area contributed by atoms with Crippen LogP contribution in [-0.4, -0.2) is 80.3 Å². The second kappa shape index (κ2) is 15.6. The fourth-order valence-corrected chi connectivity index (χ4v) is 9.18. The summed E-state index contributed by atoms with van der Waals surface area (Å²) in [5, 5.41) is 7.03. The lowest BCUT2D eigenvalue weighted by Gasteiger charge is -2.37. The van der Waals surface area contributed by atoms with Gasteiger partial charge in [0.25, 0.3) is 0 Å². The zero-order chi connectivity index (χ0) is 42.8. The first kappa shape index (κ1) is 41.9. The number of imide groups is 1. The van der Waals surface area contributed by atoms with Gasteiger partial charge in [0.15, 0.2) is 5.60 Å². The number of benzene rings is 5. The number of para-hydroxylation sites is 1. The second-order valence-corrected chi connectivity index (χ2v) is 20.7. The summed E-state index contributed by atoms with van der Waals surface area (Å²) < 4.78 is 28.6. The van der Waals surface area contributed by atoms with E-state index in [4.69, 9.17) is 23.7 Å². The van der Waals surface area contributed by atoms with Gasteiger partial charge in [0.2, 0.25) is 11.8 Å². The molecule has 0 saturated carbocycles.